The Morgan fingerprint density at radius 1 is 0.469 bits per heavy atom. The second-order valence-corrected chi connectivity index (χ2v) is 11.3. The van der Waals surface area contributed by atoms with Crippen molar-refractivity contribution >= 4 is 0 Å². The maximum absolute atomic E-state index is 5.98. The normalized spacial score (nSPS) is 15.8. The molecule has 2 aromatic heterocycles. The van der Waals surface area contributed by atoms with Crippen molar-refractivity contribution in [1.29, 1.82) is 0 Å². The molecular formula is C36H44N6O7+2. The molecule has 0 spiro atoms. The highest BCUT2D eigenvalue weighted by atomic mass is 16.6. The van der Waals surface area contributed by atoms with Crippen molar-refractivity contribution in [3.8, 4) is 45.5 Å². The molecule has 13 heteroatoms. The van der Waals surface area contributed by atoms with E-state index in [0.717, 1.165) is 45.5 Å². The summed E-state index contributed by atoms with van der Waals surface area (Å²) in [7, 11) is 3.90. The first-order valence-electron chi connectivity index (χ1n) is 16.5. The zero-order valence-electron chi connectivity index (χ0n) is 28.1. The van der Waals surface area contributed by atoms with Crippen LogP contribution in [0.3, 0.4) is 0 Å². The average molecular weight is 673 g/mol. The van der Waals surface area contributed by atoms with E-state index in [2.05, 4.69) is 34.7 Å². The Hall–Kier alpha value is -4.98. The molecule has 0 unspecified atom stereocenters. The molecule has 6 heterocycles. The molecule has 0 saturated heterocycles. The summed E-state index contributed by atoms with van der Waals surface area (Å²) in [5, 5.41) is 9.33. The molecular weight excluding hydrogens is 628 g/mol. The van der Waals surface area contributed by atoms with Crippen molar-refractivity contribution in [2.24, 2.45) is 14.1 Å². The molecule has 5 aromatic rings. The third kappa shape index (κ3) is 10.0. The van der Waals surface area contributed by atoms with Crippen LogP contribution in [0.15, 0.2) is 85.2 Å². The number of ether oxygens (including phenoxy) is 7. The third-order valence-corrected chi connectivity index (χ3v) is 7.75. The van der Waals surface area contributed by atoms with Crippen LogP contribution in [0, 0.1) is 0 Å². The first-order valence-corrected chi connectivity index (χ1v) is 16.5. The van der Waals surface area contributed by atoms with Crippen molar-refractivity contribution in [2.45, 2.75) is 13.1 Å². The van der Waals surface area contributed by atoms with Gasteiger partial charge in [0, 0.05) is 11.1 Å². The Morgan fingerprint density at radius 3 is 1.20 bits per heavy atom. The number of benzene rings is 3. The van der Waals surface area contributed by atoms with E-state index in [-0.39, 0.29) is 0 Å². The Balaban J connectivity index is 1.09. The van der Waals surface area contributed by atoms with E-state index < -0.39 is 0 Å². The van der Waals surface area contributed by atoms with E-state index in [0.29, 0.717) is 79.2 Å². The van der Waals surface area contributed by atoms with E-state index >= 15 is 0 Å². The van der Waals surface area contributed by atoms with Crippen molar-refractivity contribution in [2.75, 3.05) is 66.1 Å². The first-order chi connectivity index (χ1) is 24.1. The van der Waals surface area contributed by atoms with Crippen LogP contribution in [-0.2, 0) is 41.4 Å². The quantitative estimate of drug-likeness (QED) is 0.230. The van der Waals surface area contributed by atoms with Crippen molar-refractivity contribution in [1.82, 2.24) is 19.8 Å². The van der Waals surface area contributed by atoms with Crippen molar-refractivity contribution in [3.05, 3.63) is 85.2 Å². The number of hydrogen-bond acceptors (Lipinski definition) is 9. The predicted molar refractivity (Wildman–Crippen MR) is 179 cm³/mol. The van der Waals surface area contributed by atoms with Crippen LogP contribution in [-0.4, -0.2) is 85.9 Å². The highest BCUT2D eigenvalue weighted by Crippen LogP contribution is 2.24. The van der Waals surface area contributed by atoms with Gasteiger partial charge >= 0.3 is 0 Å². The SMILES string of the molecule is Cn1n[n+]2cc1-c1cccc(c1)-c1c[n+](nn1C)CCOc1ccc(cc1)OCCOCCOCCOCCOc1ccc(cc1)OCC2. The molecule has 0 atom stereocenters. The van der Waals surface area contributed by atoms with Crippen LogP contribution < -0.4 is 28.3 Å². The summed E-state index contributed by atoms with van der Waals surface area (Å²) in [6, 6.07) is 23.6. The number of aryl methyl sites for hydroxylation is 2. The minimum atomic E-state index is 0.447. The molecule has 4 aliphatic heterocycles. The molecule has 0 radical (unpaired) electrons. The number of hydrogen-bond donors (Lipinski definition) is 0. The summed E-state index contributed by atoms with van der Waals surface area (Å²) in [6.45, 7) is 5.95. The second-order valence-electron chi connectivity index (χ2n) is 11.3. The molecule has 13 nitrogen and oxygen atoms in total. The molecule has 10 bridgehead atoms. The summed E-state index contributed by atoms with van der Waals surface area (Å²) in [5.41, 5.74) is 4.11. The monoisotopic (exact) mass is 672 g/mol. The molecule has 0 saturated carbocycles. The standard InChI is InChI=1S/C36H44N6O7/c1-39-35-27-41(37-39)14-16-46-31-6-10-33(11-7-31)48-24-22-44-20-18-43-19-21-45-23-25-49-34-12-8-32(9-13-34)47-17-15-42-28-36(40(2)38-42)30-5-3-4-29(35)26-30/h3-13,26-28H,14-25H2,1-2H3/q+2. The minimum absolute atomic E-state index is 0.447. The lowest BCUT2D eigenvalue weighted by atomic mass is 10.1. The molecule has 0 fully saturated rings. The predicted octanol–water partition coefficient (Wildman–Crippen LogP) is 3.04. The summed E-state index contributed by atoms with van der Waals surface area (Å²) < 4.78 is 47.9. The fourth-order valence-corrected chi connectivity index (χ4v) is 5.28. The number of rotatable bonds is 0. The molecule has 0 N–H and O–H groups in total. The van der Waals surface area contributed by atoms with Crippen LogP contribution in [0.5, 0.6) is 23.0 Å². The Bertz CT molecular complexity index is 1620. The van der Waals surface area contributed by atoms with E-state index in [1.807, 2.05) is 93.7 Å². The van der Waals surface area contributed by atoms with Gasteiger partial charge in [-0.1, -0.05) is 18.2 Å². The Morgan fingerprint density at radius 2 is 0.816 bits per heavy atom. The average Bonchev–Trinajstić information content (AvgIpc) is 3.68. The van der Waals surface area contributed by atoms with Crippen molar-refractivity contribution < 1.29 is 42.5 Å². The molecule has 3 aromatic carbocycles. The fourth-order valence-electron chi connectivity index (χ4n) is 5.28. The third-order valence-electron chi connectivity index (χ3n) is 7.75. The largest absolute Gasteiger partial charge is 0.491 e. The van der Waals surface area contributed by atoms with Gasteiger partial charge in [0.15, 0.2) is 23.8 Å². The maximum atomic E-state index is 5.98. The van der Waals surface area contributed by atoms with Gasteiger partial charge in [-0.05, 0) is 54.6 Å². The molecule has 49 heavy (non-hydrogen) atoms. The maximum Gasteiger partial charge on any atom is 0.197 e. The van der Waals surface area contributed by atoms with Gasteiger partial charge in [-0.3, -0.25) is 0 Å². The van der Waals surface area contributed by atoms with Gasteiger partial charge in [0.05, 0.1) is 50.1 Å². The van der Waals surface area contributed by atoms with Crippen LogP contribution in [0.1, 0.15) is 0 Å². The highest BCUT2D eigenvalue weighted by Gasteiger charge is 2.19. The summed E-state index contributed by atoms with van der Waals surface area (Å²) in [6.07, 6.45) is 4.08. The summed E-state index contributed by atoms with van der Waals surface area (Å²) >= 11 is 0. The van der Waals surface area contributed by atoms with Crippen LogP contribution in [0.25, 0.3) is 22.5 Å². The van der Waals surface area contributed by atoms with Gasteiger partial charge in [0.2, 0.25) is 0 Å². The van der Waals surface area contributed by atoms with Gasteiger partial charge in [0.1, 0.15) is 76.6 Å². The van der Waals surface area contributed by atoms with Gasteiger partial charge in [0.25, 0.3) is 0 Å². The number of aromatic nitrogens is 6. The second kappa shape index (κ2) is 17.4. The first kappa shape index (κ1) is 33.9. The lowest BCUT2D eigenvalue weighted by Gasteiger charge is -2.10. The van der Waals surface area contributed by atoms with E-state index in [1.165, 1.54) is 0 Å². The number of nitrogens with zero attached hydrogens (tertiary/aromatic N) is 6. The van der Waals surface area contributed by atoms with Gasteiger partial charge < -0.3 is 33.2 Å². The van der Waals surface area contributed by atoms with Crippen LogP contribution in [0.4, 0.5) is 0 Å². The lowest BCUT2D eigenvalue weighted by molar-refractivity contribution is -0.755. The zero-order valence-corrected chi connectivity index (χ0v) is 28.1. The topological polar surface area (TPSA) is 108 Å². The summed E-state index contributed by atoms with van der Waals surface area (Å²) in [5.74, 6) is 3.05. The van der Waals surface area contributed by atoms with Crippen molar-refractivity contribution in [3.63, 3.8) is 0 Å². The van der Waals surface area contributed by atoms with Gasteiger partial charge in [-0.25, -0.2) is 0 Å². The highest BCUT2D eigenvalue weighted by molar-refractivity contribution is 5.68. The molecule has 0 amide bonds. The Kier molecular flexibility index (Phi) is 12.1. The smallest absolute Gasteiger partial charge is 0.197 e. The zero-order chi connectivity index (χ0) is 33.7. The van der Waals surface area contributed by atoms with E-state index in [9.17, 15) is 0 Å². The van der Waals surface area contributed by atoms with Crippen LogP contribution >= 0.6 is 0 Å². The molecule has 9 rings (SSSR count). The van der Waals surface area contributed by atoms with E-state index in [1.54, 1.807) is 0 Å². The van der Waals surface area contributed by atoms with Crippen LogP contribution in [0.2, 0.25) is 0 Å². The Labute approximate surface area is 286 Å². The fraction of sp³-hybridized carbons (Fsp3) is 0.389. The lowest BCUT2D eigenvalue weighted by Crippen LogP contribution is -2.38. The van der Waals surface area contributed by atoms with E-state index in [4.69, 9.17) is 33.2 Å². The molecule has 0 aliphatic carbocycles. The van der Waals surface area contributed by atoms with Gasteiger partial charge in [-0.2, -0.15) is 0 Å². The summed E-state index contributed by atoms with van der Waals surface area (Å²) in [4.78, 5) is 0. The molecule has 4 aliphatic rings. The minimum Gasteiger partial charge on any atom is -0.491 e. The van der Waals surface area contributed by atoms with Gasteiger partial charge in [-0.15, -0.1) is 18.7 Å². The molecule has 258 valence electrons.